The average Bonchev–Trinajstić information content (AvgIpc) is 2.66. The molecule has 0 N–H and O–H groups in total. The number of halogens is 5. The Hall–Kier alpha value is -1.30. The summed E-state index contributed by atoms with van der Waals surface area (Å²) in [7, 11) is 0. The van der Waals surface area contributed by atoms with Crippen LogP contribution in [-0.2, 0) is 13.0 Å². The zero-order valence-electron chi connectivity index (χ0n) is 10.6. The quantitative estimate of drug-likeness (QED) is 0.595. The molecule has 1 heterocycles. The predicted octanol–water partition coefficient (Wildman–Crippen LogP) is 4.30. The second-order valence-corrected chi connectivity index (χ2v) is 4.85. The van der Waals surface area contributed by atoms with Gasteiger partial charge in [0.2, 0.25) is 0 Å². The van der Waals surface area contributed by atoms with E-state index in [4.69, 9.17) is 11.6 Å². The van der Waals surface area contributed by atoms with Gasteiger partial charge >= 0.3 is 6.18 Å². The molecule has 0 aliphatic rings. The highest BCUT2D eigenvalue weighted by atomic mass is 35.5. The topological polar surface area (TPSA) is 17.8 Å². The van der Waals surface area contributed by atoms with Crippen LogP contribution in [0.15, 0.2) is 18.2 Å². The third-order valence-corrected chi connectivity index (χ3v) is 3.14. The van der Waals surface area contributed by atoms with Gasteiger partial charge in [-0.3, -0.25) is 0 Å². The molecule has 0 saturated heterocycles. The monoisotopic (exact) mass is 308 g/mol. The minimum Gasteiger partial charge on any atom is -0.328 e. The molecule has 0 fully saturated rings. The van der Waals surface area contributed by atoms with Crippen LogP contribution in [-0.4, -0.2) is 21.6 Å². The van der Waals surface area contributed by atoms with Gasteiger partial charge in [0.1, 0.15) is 11.6 Å². The Labute approximate surface area is 118 Å². The van der Waals surface area contributed by atoms with E-state index in [9.17, 15) is 17.6 Å². The summed E-state index contributed by atoms with van der Waals surface area (Å²) < 4.78 is 51.5. The summed E-state index contributed by atoms with van der Waals surface area (Å²) >= 11 is 5.67. The Morgan fingerprint density at radius 1 is 1.25 bits per heavy atom. The highest BCUT2D eigenvalue weighted by Crippen LogP contribution is 2.24. The van der Waals surface area contributed by atoms with Gasteiger partial charge in [0, 0.05) is 25.3 Å². The fourth-order valence-corrected chi connectivity index (χ4v) is 2.28. The Morgan fingerprint density at radius 2 is 2.00 bits per heavy atom. The number of nitrogens with zero attached hydrogens (tertiary/aromatic N) is 2. The number of alkyl halides is 4. The van der Waals surface area contributed by atoms with Crippen LogP contribution in [0.5, 0.6) is 0 Å². The highest BCUT2D eigenvalue weighted by molar-refractivity contribution is 6.17. The zero-order valence-corrected chi connectivity index (χ0v) is 11.3. The number of fused-ring (bicyclic) bond motifs is 1. The minimum absolute atomic E-state index is 0.0687. The third-order valence-electron chi connectivity index (χ3n) is 2.95. The van der Waals surface area contributed by atoms with Crippen LogP contribution in [0.2, 0.25) is 0 Å². The second kappa shape index (κ2) is 5.99. The number of aryl methyl sites for hydroxylation is 2. The molecule has 0 spiro atoms. The van der Waals surface area contributed by atoms with Crippen LogP contribution in [0.1, 0.15) is 18.7 Å². The molecule has 1 aromatic heterocycles. The van der Waals surface area contributed by atoms with Crippen molar-refractivity contribution < 1.29 is 17.6 Å². The molecule has 1 aromatic carbocycles. The van der Waals surface area contributed by atoms with E-state index in [1.807, 2.05) is 0 Å². The Balaban J connectivity index is 2.28. The van der Waals surface area contributed by atoms with Crippen molar-refractivity contribution in [3.8, 4) is 0 Å². The first-order valence-corrected chi connectivity index (χ1v) is 6.71. The molecular weight excluding hydrogens is 296 g/mol. The molecule has 110 valence electrons. The van der Waals surface area contributed by atoms with E-state index < -0.39 is 18.4 Å². The molecule has 7 heteroatoms. The Bertz CT molecular complexity index is 592. The maximum absolute atomic E-state index is 13.3. The van der Waals surface area contributed by atoms with Gasteiger partial charge in [-0.2, -0.15) is 13.2 Å². The fraction of sp³-hybridized carbons (Fsp3) is 0.462. The summed E-state index contributed by atoms with van der Waals surface area (Å²) in [6.07, 6.45) is -4.69. The van der Waals surface area contributed by atoms with E-state index >= 15 is 0 Å². The van der Waals surface area contributed by atoms with E-state index in [1.165, 1.54) is 18.2 Å². The first kappa shape index (κ1) is 15.1. The van der Waals surface area contributed by atoms with Gasteiger partial charge in [0.25, 0.3) is 0 Å². The fourth-order valence-electron chi connectivity index (χ4n) is 2.11. The van der Waals surface area contributed by atoms with Crippen molar-refractivity contribution in [2.24, 2.45) is 0 Å². The van der Waals surface area contributed by atoms with E-state index in [0.717, 1.165) is 0 Å². The van der Waals surface area contributed by atoms with Gasteiger partial charge in [-0.15, -0.1) is 11.6 Å². The molecular formula is C13H13ClF4N2. The minimum atomic E-state index is -4.19. The number of imidazole rings is 1. The number of aromatic nitrogens is 2. The third kappa shape index (κ3) is 3.62. The van der Waals surface area contributed by atoms with Crippen molar-refractivity contribution in [2.45, 2.75) is 32.0 Å². The van der Waals surface area contributed by atoms with Crippen molar-refractivity contribution in [2.75, 3.05) is 5.88 Å². The summed E-state index contributed by atoms with van der Waals surface area (Å²) in [5.74, 6) is 0.458. The predicted molar refractivity (Wildman–Crippen MR) is 69.4 cm³/mol. The summed E-state index contributed by atoms with van der Waals surface area (Å²) in [5, 5.41) is 0. The molecule has 0 aliphatic carbocycles. The lowest BCUT2D eigenvalue weighted by atomic mass is 10.2. The van der Waals surface area contributed by atoms with E-state index in [2.05, 4.69) is 4.98 Å². The molecule has 20 heavy (non-hydrogen) atoms. The standard InChI is InChI=1S/C13H13ClF4N2/c14-6-4-12-19-10-3-2-9(15)8-11(10)20(12)7-1-5-13(16,17)18/h2-3,8H,1,4-7H2. The van der Waals surface area contributed by atoms with Crippen LogP contribution in [0.3, 0.4) is 0 Å². The summed E-state index contributed by atoms with van der Waals surface area (Å²) in [6, 6.07) is 4.08. The Morgan fingerprint density at radius 3 is 2.65 bits per heavy atom. The maximum atomic E-state index is 13.3. The number of hydrogen-bond donors (Lipinski definition) is 0. The summed E-state index contributed by atoms with van der Waals surface area (Å²) in [4.78, 5) is 4.29. The van der Waals surface area contributed by atoms with Crippen molar-refractivity contribution in [3.63, 3.8) is 0 Å². The number of benzene rings is 1. The van der Waals surface area contributed by atoms with Crippen molar-refractivity contribution >= 4 is 22.6 Å². The number of hydrogen-bond acceptors (Lipinski definition) is 1. The molecule has 0 amide bonds. The molecule has 0 aliphatic heterocycles. The normalized spacial score (nSPS) is 12.2. The molecule has 0 saturated carbocycles. The molecule has 0 unspecified atom stereocenters. The van der Waals surface area contributed by atoms with Gasteiger partial charge in [0.15, 0.2) is 0 Å². The molecule has 2 nitrogen and oxygen atoms in total. The van der Waals surface area contributed by atoms with E-state index in [1.54, 1.807) is 4.57 Å². The summed E-state index contributed by atoms with van der Waals surface area (Å²) in [5.41, 5.74) is 1.07. The second-order valence-electron chi connectivity index (χ2n) is 4.47. The van der Waals surface area contributed by atoms with Crippen LogP contribution >= 0.6 is 11.6 Å². The van der Waals surface area contributed by atoms with Crippen LogP contribution in [0.4, 0.5) is 17.6 Å². The lowest BCUT2D eigenvalue weighted by Crippen LogP contribution is -2.11. The van der Waals surface area contributed by atoms with Gasteiger partial charge in [0.05, 0.1) is 11.0 Å². The van der Waals surface area contributed by atoms with E-state index in [0.29, 0.717) is 29.2 Å². The molecule has 2 rings (SSSR count). The summed E-state index contributed by atoms with van der Waals surface area (Å²) in [6.45, 7) is 0.145. The van der Waals surface area contributed by atoms with Crippen molar-refractivity contribution in [1.82, 2.24) is 9.55 Å². The van der Waals surface area contributed by atoms with E-state index in [-0.39, 0.29) is 13.0 Å². The van der Waals surface area contributed by atoms with Gasteiger partial charge < -0.3 is 4.57 Å². The Kier molecular flexibility index (Phi) is 4.52. The van der Waals surface area contributed by atoms with Crippen LogP contribution < -0.4 is 0 Å². The smallest absolute Gasteiger partial charge is 0.328 e. The largest absolute Gasteiger partial charge is 0.389 e. The van der Waals surface area contributed by atoms with Gasteiger partial charge in [-0.25, -0.2) is 9.37 Å². The van der Waals surface area contributed by atoms with Crippen LogP contribution in [0, 0.1) is 5.82 Å². The SMILES string of the molecule is Fc1ccc2nc(CCCl)n(CCCC(F)(F)F)c2c1. The number of rotatable bonds is 5. The van der Waals surface area contributed by atoms with Gasteiger partial charge in [-0.1, -0.05) is 0 Å². The van der Waals surface area contributed by atoms with Crippen molar-refractivity contribution in [3.05, 3.63) is 29.8 Å². The lowest BCUT2D eigenvalue weighted by Gasteiger charge is -2.10. The first-order chi connectivity index (χ1) is 9.40. The average molecular weight is 309 g/mol. The van der Waals surface area contributed by atoms with Gasteiger partial charge in [-0.05, 0) is 24.6 Å². The lowest BCUT2D eigenvalue weighted by molar-refractivity contribution is -0.135. The zero-order chi connectivity index (χ0) is 14.8. The van der Waals surface area contributed by atoms with Crippen molar-refractivity contribution in [1.29, 1.82) is 0 Å². The molecule has 0 atom stereocenters. The molecule has 2 aromatic rings. The first-order valence-electron chi connectivity index (χ1n) is 6.18. The maximum Gasteiger partial charge on any atom is 0.389 e. The highest BCUT2D eigenvalue weighted by Gasteiger charge is 2.26. The van der Waals surface area contributed by atoms with Crippen LogP contribution in [0.25, 0.3) is 11.0 Å². The molecule has 0 radical (unpaired) electrons. The molecule has 0 bridgehead atoms.